The van der Waals surface area contributed by atoms with E-state index in [1.807, 2.05) is 0 Å². The Kier molecular flexibility index (Phi) is 3.48. The number of aryl methyl sites for hydroxylation is 1. The molecule has 1 fully saturated rings. The first-order chi connectivity index (χ1) is 9.57. The van der Waals surface area contributed by atoms with E-state index in [0.29, 0.717) is 11.3 Å². The summed E-state index contributed by atoms with van der Waals surface area (Å²) in [5.41, 5.74) is 1.46. The van der Waals surface area contributed by atoms with Gasteiger partial charge in [0.15, 0.2) is 0 Å². The molecule has 2 amide bonds. The SMILES string of the molecule is Cc1ccc(NC(=O)NC2C(C)(C)C2(C)C)cc1C(=O)O. The smallest absolute Gasteiger partial charge is 0.336 e. The van der Waals surface area contributed by atoms with Crippen molar-refractivity contribution in [2.45, 2.75) is 40.7 Å². The molecule has 1 aromatic rings. The van der Waals surface area contributed by atoms with Crippen molar-refractivity contribution < 1.29 is 14.7 Å². The monoisotopic (exact) mass is 290 g/mol. The number of carboxylic acids is 1. The standard InChI is InChI=1S/C16H22N2O3/c1-9-6-7-10(8-11(9)12(19)20)17-14(21)18-13-15(2,3)16(13,4)5/h6-8,13H,1-5H3,(H,19,20)(H2,17,18,21). The molecule has 2 rings (SSSR count). The van der Waals surface area contributed by atoms with E-state index < -0.39 is 5.97 Å². The van der Waals surface area contributed by atoms with Gasteiger partial charge < -0.3 is 15.7 Å². The molecule has 1 saturated carbocycles. The maximum absolute atomic E-state index is 12.0. The molecule has 0 saturated heterocycles. The second kappa shape index (κ2) is 4.76. The molecule has 0 radical (unpaired) electrons. The first-order valence-electron chi connectivity index (χ1n) is 6.99. The molecular formula is C16H22N2O3. The summed E-state index contributed by atoms with van der Waals surface area (Å²) in [6, 6.07) is 4.66. The fourth-order valence-corrected chi connectivity index (χ4v) is 2.79. The number of hydrogen-bond donors (Lipinski definition) is 3. The van der Waals surface area contributed by atoms with Crippen LogP contribution in [-0.4, -0.2) is 23.1 Å². The molecule has 1 aromatic carbocycles. The highest BCUT2D eigenvalue weighted by Crippen LogP contribution is 2.62. The number of rotatable bonds is 3. The van der Waals surface area contributed by atoms with E-state index in [2.05, 4.69) is 38.3 Å². The Balaban J connectivity index is 2.05. The molecule has 5 nitrogen and oxygen atoms in total. The van der Waals surface area contributed by atoms with E-state index in [-0.39, 0.29) is 28.5 Å². The lowest BCUT2D eigenvalue weighted by Crippen LogP contribution is -2.33. The van der Waals surface area contributed by atoms with Crippen LogP contribution in [-0.2, 0) is 0 Å². The number of carbonyl (C=O) groups excluding carboxylic acids is 1. The van der Waals surface area contributed by atoms with Crippen LogP contribution < -0.4 is 10.6 Å². The second-order valence-electron chi connectivity index (χ2n) is 6.81. The number of carbonyl (C=O) groups is 2. The van der Waals surface area contributed by atoms with Crippen molar-refractivity contribution in [3.63, 3.8) is 0 Å². The molecule has 0 bridgehead atoms. The van der Waals surface area contributed by atoms with Gasteiger partial charge in [0.25, 0.3) is 0 Å². The number of benzene rings is 1. The summed E-state index contributed by atoms with van der Waals surface area (Å²) in [5.74, 6) is -0.999. The third-order valence-corrected chi connectivity index (χ3v) is 5.02. The van der Waals surface area contributed by atoms with E-state index in [0.717, 1.165) is 0 Å². The lowest BCUT2D eigenvalue weighted by molar-refractivity contribution is 0.0696. The van der Waals surface area contributed by atoms with Crippen LogP contribution in [0.2, 0.25) is 0 Å². The fraction of sp³-hybridized carbons (Fsp3) is 0.500. The first kappa shape index (κ1) is 15.4. The van der Waals surface area contributed by atoms with Crippen LogP contribution in [0.5, 0.6) is 0 Å². The lowest BCUT2D eigenvalue weighted by atomic mass is 10.0. The second-order valence-corrected chi connectivity index (χ2v) is 6.81. The molecule has 0 aromatic heterocycles. The summed E-state index contributed by atoms with van der Waals surface area (Å²) in [6.07, 6.45) is 0. The van der Waals surface area contributed by atoms with E-state index in [1.165, 1.54) is 6.07 Å². The molecule has 0 heterocycles. The highest BCUT2D eigenvalue weighted by molar-refractivity contribution is 5.94. The summed E-state index contributed by atoms with van der Waals surface area (Å²) in [5, 5.41) is 14.7. The summed E-state index contributed by atoms with van der Waals surface area (Å²) in [7, 11) is 0. The van der Waals surface area contributed by atoms with E-state index in [4.69, 9.17) is 5.11 Å². The zero-order valence-electron chi connectivity index (χ0n) is 13.1. The summed E-state index contributed by atoms with van der Waals surface area (Å²) in [6.45, 7) is 10.2. The lowest BCUT2D eigenvalue weighted by Gasteiger charge is -2.10. The van der Waals surface area contributed by atoms with Crippen LogP contribution in [0.25, 0.3) is 0 Å². The number of urea groups is 1. The van der Waals surface area contributed by atoms with Crippen LogP contribution in [0.1, 0.15) is 43.6 Å². The van der Waals surface area contributed by atoms with Crippen molar-refractivity contribution in [3.05, 3.63) is 29.3 Å². The predicted molar refractivity (Wildman–Crippen MR) is 81.6 cm³/mol. The molecule has 0 atom stereocenters. The maximum atomic E-state index is 12.0. The summed E-state index contributed by atoms with van der Waals surface area (Å²) < 4.78 is 0. The number of hydrogen-bond acceptors (Lipinski definition) is 2. The van der Waals surface area contributed by atoms with Gasteiger partial charge in [-0.15, -0.1) is 0 Å². The Morgan fingerprint density at radius 1 is 1.14 bits per heavy atom. The quantitative estimate of drug-likeness (QED) is 0.799. The van der Waals surface area contributed by atoms with E-state index >= 15 is 0 Å². The largest absolute Gasteiger partial charge is 0.478 e. The van der Waals surface area contributed by atoms with Gasteiger partial charge in [0.2, 0.25) is 0 Å². The van der Waals surface area contributed by atoms with Crippen LogP contribution in [0, 0.1) is 17.8 Å². The maximum Gasteiger partial charge on any atom is 0.336 e. The molecule has 5 heteroatoms. The van der Waals surface area contributed by atoms with Gasteiger partial charge in [-0.2, -0.15) is 0 Å². The topological polar surface area (TPSA) is 78.4 Å². The van der Waals surface area contributed by atoms with Gasteiger partial charge in [0.05, 0.1) is 5.56 Å². The molecule has 3 N–H and O–H groups in total. The first-order valence-corrected chi connectivity index (χ1v) is 6.99. The van der Waals surface area contributed by atoms with Gasteiger partial charge in [-0.05, 0) is 35.4 Å². The number of carboxylic acid groups (broad SMARTS) is 1. The minimum absolute atomic E-state index is 0.0594. The molecule has 1 aliphatic rings. The van der Waals surface area contributed by atoms with E-state index in [9.17, 15) is 9.59 Å². The molecule has 0 spiro atoms. The van der Waals surface area contributed by atoms with Crippen molar-refractivity contribution in [3.8, 4) is 0 Å². The van der Waals surface area contributed by atoms with Crippen molar-refractivity contribution in [1.82, 2.24) is 5.32 Å². The average molecular weight is 290 g/mol. The Hall–Kier alpha value is -2.04. The minimum atomic E-state index is -0.999. The molecule has 0 aliphatic heterocycles. The molecule has 1 aliphatic carbocycles. The number of anilines is 1. The third kappa shape index (κ3) is 2.60. The Bertz CT molecular complexity index is 592. The number of amides is 2. The van der Waals surface area contributed by atoms with Gasteiger partial charge in [0, 0.05) is 11.7 Å². The Morgan fingerprint density at radius 3 is 2.19 bits per heavy atom. The number of aromatic carboxylic acids is 1. The van der Waals surface area contributed by atoms with Gasteiger partial charge in [-0.25, -0.2) is 9.59 Å². The molecule has 21 heavy (non-hydrogen) atoms. The zero-order valence-corrected chi connectivity index (χ0v) is 13.1. The van der Waals surface area contributed by atoms with Crippen molar-refractivity contribution in [1.29, 1.82) is 0 Å². The van der Waals surface area contributed by atoms with Crippen LogP contribution >= 0.6 is 0 Å². The van der Waals surface area contributed by atoms with Gasteiger partial charge in [0.1, 0.15) is 0 Å². The Morgan fingerprint density at radius 2 is 1.71 bits per heavy atom. The van der Waals surface area contributed by atoms with Crippen LogP contribution in [0.4, 0.5) is 10.5 Å². The molecule has 114 valence electrons. The summed E-state index contributed by atoms with van der Waals surface area (Å²) in [4.78, 5) is 23.1. The van der Waals surface area contributed by atoms with Gasteiger partial charge in [-0.1, -0.05) is 33.8 Å². The highest BCUT2D eigenvalue weighted by atomic mass is 16.4. The third-order valence-electron chi connectivity index (χ3n) is 5.02. The normalized spacial score (nSPS) is 18.9. The highest BCUT2D eigenvalue weighted by Gasteiger charge is 2.65. The van der Waals surface area contributed by atoms with Gasteiger partial charge >= 0.3 is 12.0 Å². The number of nitrogens with one attached hydrogen (secondary N) is 2. The minimum Gasteiger partial charge on any atom is -0.478 e. The van der Waals surface area contributed by atoms with E-state index in [1.54, 1.807) is 19.1 Å². The van der Waals surface area contributed by atoms with Crippen molar-refractivity contribution >= 4 is 17.7 Å². The predicted octanol–water partition coefficient (Wildman–Crippen LogP) is 3.25. The van der Waals surface area contributed by atoms with Crippen molar-refractivity contribution in [2.75, 3.05) is 5.32 Å². The Labute approximate surface area is 124 Å². The fourth-order valence-electron chi connectivity index (χ4n) is 2.79. The van der Waals surface area contributed by atoms with Crippen molar-refractivity contribution in [2.24, 2.45) is 10.8 Å². The average Bonchev–Trinajstić information content (AvgIpc) is 2.74. The van der Waals surface area contributed by atoms with Gasteiger partial charge in [-0.3, -0.25) is 0 Å². The van der Waals surface area contributed by atoms with Crippen LogP contribution in [0.3, 0.4) is 0 Å². The van der Waals surface area contributed by atoms with Crippen LogP contribution in [0.15, 0.2) is 18.2 Å². The molecule has 0 unspecified atom stereocenters. The zero-order chi connectivity index (χ0) is 16.0. The summed E-state index contributed by atoms with van der Waals surface area (Å²) >= 11 is 0. The molecular weight excluding hydrogens is 268 g/mol.